The molecular weight excluding hydrogens is 299 g/mol. The summed E-state index contributed by atoms with van der Waals surface area (Å²) in [5.74, 6) is -0.123. The number of rotatable bonds is 4. The second kappa shape index (κ2) is 6.48. The number of methoxy groups -OCH3 is 1. The summed E-state index contributed by atoms with van der Waals surface area (Å²) in [4.78, 5) is 17.5. The van der Waals surface area contributed by atoms with Crippen molar-refractivity contribution >= 4 is 17.3 Å². The molecule has 0 radical (unpaired) electrons. The molecule has 1 atom stereocenters. The summed E-state index contributed by atoms with van der Waals surface area (Å²) in [5.41, 5.74) is 1.71. The Kier molecular flexibility index (Phi) is 4.23. The van der Waals surface area contributed by atoms with Crippen LogP contribution in [0, 0.1) is 5.82 Å². The fraction of sp³-hybridized carbons (Fsp3) is 0.176. The molecule has 1 heterocycles. The van der Waals surface area contributed by atoms with E-state index in [-0.39, 0.29) is 18.1 Å². The molecule has 0 aromatic heterocycles. The van der Waals surface area contributed by atoms with Gasteiger partial charge < -0.3 is 14.9 Å². The van der Waals surface area contributed by atoms with Crippen molar-refractivity contribution < 1.29 is 18.8 Å². The van der Waals surface area contributed by atoms with Crippen molar-refractivity contribution in [2.75, 3.05) is 12.4 Å². The Morgan fingerprint density at radius 3 is 2.91 bits per heavy atom. The molecule has 5 nitrogen and oxygen atoms in total. The van der Waals surface area contributed by atoms with Crippen LogP contribution in [0.15, 0.2) is 53.7 Å². The Labute approximate surface area is 132 Å². The van der Waals surface area contributed by atoms with Gasteiger partial charge in [0.05, 0.1) is 18.5 Å². The first kappa shape index (κ1) is 15.0. The first-order valence-electron chi connectivity index (χ1n) is 7.10. The summed E-state index contributed by atoms with van der Waals surface area (Å²) in [5, 5.41) is 6.64. The minimum absolute atomic E-state index is 0.282. The van der Waals surface area contributed by atoms with Gasteiger partial charge in [-0.1, -0.05) is 29.4 Å². The SMILES string of the molecule is COc1ccccc1NC(=O)[C@@H]1CC(c2cccc(F)c2)=NO1. The second-order valence-electron chi connectivity index (χ2n) is 5.04. The minimum Gasteiger partial charge on any atom is -0.495 e. The van der Waals surface area contributed by atoms with Gasteiger partial charge >= 0.3 is 0 Å². The second-order valence-corrected chi connectivity index (χ2v) is 5.04. The highest BCUT2D eigenvalue weighted by Gasteiger charge is 2.29. The van der Waals surface area contributed by atoms with Crippen molar-refractivity contribution in [2.45, 2.75) is 12.5 Å². The van der Waals surface area contributed by atoms with Crippen LogP contribution >= 0.6 is 0 Å². The molecule has 0 saturated carbocycles. The maximum absolute atomic E-state index is 13.3. The third-order valence-corrected chi connectivity index (χ3v) is 3.48. The number of nitrogens with one attached hydrogen (secondary N) is 1. The van der Waals surface area contributed by atoms with Crippen molar-refractivity contribution in [3.8, 4) is 5.75 Å². The third kappa shape index (κ3) is 3.31. The maximum Gasteiger partial charge on any atom is 0.268 e. The lowest BCUT2D eigenvalue weighted by atomic mass is 10.0. The average molecular weight is 314 g/mol. The van der Waals surface area contributed by atoms with Crippen LogP contribution in [0.3, 0.4) is 0 Å². The number of amides is 1. The van der Waals surface area contributed by atoms with Crippen LogP contribution < -0.4 is 10.1 Å². The first-order chi connectivity index (χ1) is 11.2. The average Bonchev–Trinajstić information content (AvgIpc) is 3.05. The number of carbonyl (C=O) groups is 1. The molecule has 1 amide bonds. The van der Waals surface area contributed by atoms with E-state index in [4.69, 9.17) is 9.57 Å². The summed E-state index contributed by atoms with van der Waals surface area (Å²) < 4.78 is 18.4. The number of para-hydroxylation sites is 2. The Balaban J connectivity index is 1.67. The van der Waals surface area contributed by atoms with Gasteiger partial charge in [-0.2, -0.15) is 0 Å². The van der Waals surface area contributed by atoms with Crippen molar-refractivity contribution in [1.82, 2.24) is 0 Å². The normalized spacial score (nSPS) is 16.4. The number of nitrogens with zero attached hydrogens (tertiary/aromatic N) is 1. The highest BCUT2D eigenvalue weighted by molar-refractivity contribution is 6.06. The van der Waals surface area contributed by atoms with E-state index in [0.29, 0.717) is 22.7 Å². The van der Waals surface area contributed by atoms with E-state index in [2.05, 4.69) is 10.5 Å². The van der Waals surface area contributed by atoms with Crippen LogP contribution in [-0.2, 0) is 9.63 Å². The zero-order valence-electron chi connectivity index (χ0n) is 12.5. The van der Waals surface area contributed by atoms with Gasteiger partial charge in [0.15, 0.2) is 0 Å². The molecule has 1 aliphatic rings. The van der Waals surface area contributed by atoms with Gasteiger partial charge in [0, 0.05) is 12.0 Å². The molecule has 0 fully saturated rings. The predicted molar refractivity (Wildman–Crippen MR) is 84.1 cm³/mol. The number of hydrogen-bond acceptors (Lipinski definition) is 4. The van der Waals surface area contributed by atoms with Crippen LogP contribution in [0.2, 0.25) is 0 Å². The lowest BCUT2D eigenvalue weighted by Crippen LogP contribution is -2.28. The Morgan fingerprint density at radius 2 is 2.13 bits per heavy atom. The van der Waals surface area contributed by atoms with E-state index >= 15 is 0 Å². The third-order valence-electron chi connectivity index (χ3n) is 3.48. The molecule has 0 aliphatic carbocycles. The van der Waals surface area contributed by atoms with E-state index < -0.39 is 6.10 Å². The number of anilines is 1. The molecule has 23 heavy (non-hydrogen) atoms. The number of halogens is 1. The van der Waals surface area contributed by atoms with Gasteiger partial charge in [-0.25, -0.2) is 4.39 Å². The van der Waals surface area contributed by atoms with E-state index in [0.717, 1.165) is 0 Å². The lowest BCUT2D eigenvalue weighted by molar-refractivity contribution is -0.125. The Hall–Kier alpha value is -2.89. The molecule has 0 spiro atoms. The number of ether oxygens (including phenoxy) is 1. The van der Waals surface area contributed by atoms with E-state index in [1.54, 1.807) is 30.3 Å². The van der Waals surface area contributed by atoms with Crippen LogP contribution in [0.1, 0.15) is 12.0 Å². The van der Waals surface area contributed by atoms with Crippen LogP contribution in [0.25, 0.3) is 0 Å². The molecule has 1 aliphatic heterocycles. The maximum atomic E-state index is 13.3. The molecule has 0 saturated heterocycles. The molecule has 3 rings (SSSR count). The Bertz CT molecular complexity index is 761. The predicted octanol–water partition coefficient (Wildman–Crippen LogP) is 2.97. The fourth-order valence-electron chi connectivity index (χ4n) is 2.32. The van der Waals surface area contributed by atoms with Crippen LogP contribution in [-0.4, -0.2) is 24.8 Å². The topological polar surface area (TPSA) is 59.9 Å². The zero-order chi connectivity index (χ0) is 16.2. The lowest BCUT2D eigenvalue weighted by Gasteiger charge is -2.12. The number of oxime groups is 1. The van der Waals surface area contributed by atoms with Gasteiger partial charge in [0.1, 0.15) is 11.6 Å². The summed E-state index contributed by atoms with van der Waals surface area (Å²) in [6.07, 6.45) is -0.470. The van der Waals surface area contributed by atoms with Crippen molar-refractivity contribution in [3.05, 3.63) is 59.9 Å². The van der Waals surface area contributed by atoms with E-state index in [9.17, 15) is 9.18 Å². The van der Waals surface area contributed by atoms with Crippen molar-refractivity contribution in [3.63, 3.8) is 0 Å². The standard InChI is InChI=1S/C17H15FN2O3/c1-22-15-8-3-2-7-13(15)19-17(21)16-10-14(20-23-16)11-5-4-6-12(18)9-11/h2-9,16H,10H2,1H3,(H,19,21)/t16-/m0/s1. The summed E-state index contributed by atoms with van der Waals surface area (Å²) in [6.45, 7) is 0. The van der Waals surface area contributed by atoms with Crippen LogP contribution in [0.4, 0.5) is 10.1 Å². The fourth-order valence-corrected chi connectivity index (χ4v) is 2.32. The van der Waals surface area contributed by atoms with Gasteiger partial charge in [-0.05, 0) is 24.3 Å². The monoisotopic (exact) mass is 314 g/mol. The van der Waals surface area contributed by atoms with Gasteiger partial charge in [-0.3, -0.25) is 4.79 Å². The molecule has 2 aromatic rings. The molecule has 118 valence electrons. The molecule has 0 bridgehead atoms. The summed E-state index contributed by atoms with van der Waals surface area (Å²) >= 11 is 0. The van der Waals surface area contributed by atoms with Gasteiger partial charge in [0.2, 0.25) is 6.10 Å². The number of benzene rings is 2. The highest BCUT2D eigenvalue weighted by atomic mass is 19.1. The summed E-state index contributed by atoms with van der Waals surface area (Å²) in [7, 11) is 1.53. The largest absolute Gasteiger partial charge is 0.495 e. The Morgan fingerprint density at radius 1 is 1.30 bits per heavy atom. The minimum atomic E-state index is -0.752. The first-order valence-corrected chi connectivity index (χ1v) is 7.10. The van der Waals surface area contributed by atoms with E-state index in [1.807, 2.05) is 6.07 Å². The molecule has 0 unspecified atom stereocenters. The number of carbonyl (C=O) groups excluding carboxylic acids is 1. The molecule has 2 aromatic carbocycles. The highest BCUT2D eigenvalue weighted by Crippen LogP contribution is 2.25. The quantitative estimate of drug-likeness (QED) is 0.944. The summed E-state index contributed by atoms with van der Waals surface area (Å²) in [6, 6.07) is 13.1. The van der Waals surface area contributed by atoms with Crippen molar-refractivity contribution in [2.24, 2.45) is 5.16 Å². The van der Waals surface area contributed by atoms with Gasteiger partial charge in [0.25, 0.3) is 5.91 Å². The molecule has 1 N–H and O–H groups in total. The molecule has 6 heteroatoms. The molecular formula is C17H15FN2O3. The number of hydrogen-bond donors (Lipinski definition) is 1. The van der Waals surface area contributed by atoms with Crippen LogP contribution in [0.5, 0.6) is 5.75 Å². The van der Waals surface area contributed by atoms with Crippen molar-refractivity contribution in [1.29, 1.82) is 0 Å². The zero-order valence-corrected chi connectivity index (χ0v) is 12.5. The van der Waals surface area contributed by atoms with E-state index in [1.165, 1.54) is 19.2 Å². The smallest absolute Gasteiger partial charge is 0.268 e. The van der Waals surface area contributed by atoms with Gasteiger partial charge in [-0.15, -0.1) is 0 Å².